The van der Waals surface area contributed by atoms with Gasteiger partial charge in [0.25, 0.3) is 0 Å². The van der Waals surface area contributed by atoms with E-state index in [1.807, 2.05) is 17.5 Å². The lowest BCUT2D eigenvalue weighted by molar-refractivity contribution is 0.397. The number of ether oxygens (including phenoxy) is 1. The predicted octanol–water partition coefficient (Wildman–Crippen LogP) is 3.32. The first kappa shape index (κ1) is 16.3. The molecule has 1 aromatic carbocycles. The molecule has 0 radical (unpaired) electrons. The normalized spacial score (nSPS) is 11.8. The van der Waals surface area contributed by atoms with Crippen LogP contribution in [0.5, 0.6) is 5.75 Å². The minimum absolute atomic E-state index is 0.151. The smallest absolute Gasteiger partial charge is 0.246 e. The number of halogens is 1. The summed E-state index contributed by atoms with van der Waals surface area (Å²) < 4.78 is 31.8. The SMILES string of the molecule is COc1cc(CCl)ccc1S(=O)(=O)N(C)Cc1cccs1. The summed E-state index contributed by atoms with van der Waals surface area (Å²) >= 11 is 7.29. The molecule has 0 spiro atoms. The van der Waals surface area contributed by atoms with Crippen molar-refractivity contribution < 1.29 is 13.2 Å². The molecular weight excluding hydrogens is 330 g/mol. The summed E-state index contributed by atoms with van der Waals surface area (Å²) in [6.45, 7) is 0.334. The van der Waals surface area contributed by atoms with Gasteiger partial charge in [0.05, 0.1) is 7.11 Å². The number of rotatable bonds is 6. The maximum Gasteiger partial charge on any atom is 0.246 e. The first-order valence-electron chi connectivity index (χ1n) is 6.20. The molecule has 4 nitrogen and oxygen atoms in total. The van der Waals surface area contributed by atoms with Crippen molar-refractivity contribution in [3.8, 4) is 5.75 Å². The third-order valence-electron chi connectivity index (χ3n) is 3.03. The highest BCUT2D eigenvalue weighted by molar-refractivity contribution is 7.89. The summed E-state index contributed by atoms with van der Waals surface area (Å²) in [7, 11) is -0.601. The van der Waals surface area contributed by atoms with Gasteiger partial charge in [0.1, 0.15) is 10.6 Å². The molecule has 0 aliphatic carbocycles. The number of nitrogens with zero attached hydrogens (tertiary/aromatic N) is 1. The number of hydrogen-bond donors (Lipinski definition) is 0. The summed E-state index contributed by atoms with van der Waals surface area (Å²) in [5, 5.41) is 1.92. The van der Waals surface area contributed by atoms with Gasteiger partial charge < -0.3 is 4.74 Å². The van der Waals surface area contributed by atoms with Gasteiger partial charge in [0.15, 0.2) is 0 Å². The van der Waals surface area contributed by atoms with Crippen molar-refractivity contribution in [3.05, 3.63) is 46.2 Å². The predicted molar refractivity (Wildman–Crippen MR) is 85.5 cm³/mol. The van der Waals surface area contributed by atoms with Crippen molar-refractivity contribution in [1.29, 1.82) is 0 Å². The monoisotopic (exact) mass is 345 g/mol. The third-order valence-corrected chi connectivity index (χ3v) is 6.04. The number of hydrogen-bond acceptors (Lipinski definition) is 4. The fraction of sp³-hybridized carbons (Fsp3) is 0.286. The number of sulfonamides is 1. The Hall–Kier alpha value is -1.08. The third kappa shape index (κ3) is 3.58. The van der Waals surface area contributed by atoms with Crippen LogP contribution in [0.2, 0.25) is 0 Å². The van der Waals surface area contributed by atoms with Gasteiger partial charge in [-0.1, -0.05) is 12.1 Å². The van der Waals surface area contributed by atoms with Gasteiger partial charge >= 0.3 is 0 Å². The molecule has 0 atom stereocenters. The first-order chi connectivity index (χ1) is 9.98. The average Bonchev–Trinajstić information content (AvgIpc) is 2.99. The molecule has 0 aliphatic heterocycles. The minimum Gasteiger partial charge on any atom is -0.495 e. The quantitative estimate of drug-likeness (QED) is 0.754. The molecule has 0 saturated heterocycles. The molecule has 0 unspecified atom stereocenters. The van der Waals surface area contributed by atoms with E-state index >= 15 is 0 Å². The molecule has 0 bridgehead atoms. The van der Waals surface area contributed by atoms with Crippen LogP contribution in [0.15, 0.2) is 40.6 Å². The van der Waals surface area contributed by atoms with E-state index in [0.717, 1.165) is 10.4 Å². The number of alkyl halides is 1. The van der Waals surface area contributed by atoms with Gasteiger partial charge in [-0.2, -0.15) is 4.31 Å². The van der Waals surface area contributed by atoms with Crippen LogP contribution >= 0.6 is 22.9 Å². The molecule has 7 heteroatoms. The zero-order valence-electron chi connectivity index (χ0n) is 11.7. The maximum absolute atomic E-state index is 12.7. The molecule has 1 aromatic heterocycles. The standard InChI is InChI=1S/C14H16ClNO3S2/c1-16(10-12-4-3-7-20-12)21(17,18)14-6-5-11(9-15)8-13(14)19-2/h3-8H,9-10H2,1-2H3. The summed E-state index contributed by atoms with van der Waals surface area (Å²) in [6.07, 6.45) is 0. The van der Waals surface area contributed by atoms with Gasteiger partial charge in [-0.25, -0.2) is 8.42 Å². The van der Waals surface area contributed by atoms with E-state index in [2.05, 4.69) is 0 Å². The summed E-state index contributed by atoms with van der Waals surface area (Å²) in [4.78, 5) is 1.13. The van der Waals surface area contributed by atoms with Crippen molar-refractivity contribution in [1.82, 2.24) is 4.31 Å². The Bertz CT molecular complexity index is 699. The van der Waals surface area contributed by atoms with E-state index in [0.29, 0.717) is 18.2 Å². The van der Waals surface area contributed by atoms with Gasteiger partial charge in [-0.3, -0.25) is 0 Å². The highest BCUT2D eigenvalue weighted by Crippen LogP contribution is 2.29. The highest BCUT2D eigenvalue weighted by atomic mass is 35.5. The Kier molecular flexibility index (Phi) is 5.27. The molecule has 0 fully saturated rings. The van der Waals surface area contributed by atoms with Crippen LogP contribution in [0, 0.1) is 0 Å². The van der Waals surface area contributed by atoms with Crippen LogP contribution in [0.3, 0.4) is 0 Å². The molecule has 2 aromatic rings. The number of thiophene rings is 1. The Morgan fingerprint density at radius 1 is 1.33 bits per heavy atom. The molecule has 1 heterocycles. The van der Waals surface area contributed by atoms with Crippen molar-refractivity contribution in [3.63, 3.8) is 0 Å². The van der Waals surface area contributed by atoms with E-state index in [4.69, 9.17) is 16.3 Å². The van der Waals surface area contributed by atoms with Gasteiger partial charge in [-0.05, 0) is 29.1 Å². The zero-order valence-corrected chi connectivity index (χ0v) is 14.1. The van der Waals surface area contributed by atoms with E-state index < -0.39 is 10.0 Å². The summed E-state index contributed by atoms with van der Waals surface area (Å²) in [6, 6.07) is 8.69. The van der Waals surface area contributed by atoms with Crippen molar-refractivity contribution in [2.45, 2.75) is 17.3 Å². The fourth-order valence-corrected chi connectivity index (χ4v) is 4.17. The second-order valence-corrected chi connectivity index (χ2v) is 7.77. The van der Waals surface area contributed by atoms with E-state index in [1.54, 1.807) is 19.2 Å². The lowest BCUT2D eigenvalue weighted by Gasteiger charge is -2.18. The highest BCUT2D eigenvalue weighted by Gasteiger charge is 2.25. The number of benzene rings is 1. The van der Waals surface area contributed by atoms with Crippen molar-refractivity contribution >= 4 is 33.0 Å². The molecular formula is C14H16ClNO3S2. The van der Waals surface area contributed by atoms with Crippen molar-refractivity contribution in [2.24, 2.45) is 0 Å². The molecule has 0 saturated carbocycles. The second-order valence-electron chi connectivity index (χ2n) is 4.46. The largest absolute Gasteiger partial charge is 0.495 e. The first-order valence-corrected chi connectivity index (χ1v) is 9.06. The van der Waals surface area contributed by atoms with Gasteiger partial charge in [0.2, 0.25) is 10.0 Å². The lowest BCUT2D eigenvalue weighted by atomic mass is 10.2. The van der Waals surface area contributed by atoms with E-state index in [-0.39, 0.29) is 4.90 Å². The zero-order chi connectivity index (χ0) is 15.5. The summed E-state index contributed by atoms with van der Waals surface area (Å²) in [5.41, 5.74) is 0.813. The van der Waals surface area contributed by atoms with Gasteiger partial charge in [0, 0.05) is 24.3 Å². The van der Waals surface area contributed by atoms with Crippen LogP contribution in [0.4, 0.5) is 0 Å². The number of methoxy groups -OCH3 is 1. The Morgan fingerprint density at radius 2 is 2.10 bits per heavy atom. The minimum atomic E-state index is -3.61. The summed E-state index contributed by atoms with van der Waals surface area (Å²) in [5.74, 6) is 0.619. The van der Waals surface area contributed by atoms with Crippen LogP contribution in [0.1, 0.15) is 10.4 Å². The van der Waals surface area contributed by atoms with Gasteiger partial charge in [-0.15, -0.1) is 22.9 Å². The molecule has 114 valence electrons. The van der Waals surface area contributed by atoms with Crippen LogP contribution in [-0.2, 0) is 22.4 Å². The molecule has 0 amide bonds. The van der Waals surface area contributed by atoms with Crippen LogP contribution in [-0.4, -0.2) is 26.9 Å². The van der Waals surface area contributed by atoms with Crippen LogP contribution in [0.25, 0.3) is 0 Å². The molecule has 21 heavy (non-hydrogen) atoms. The molecule has 2 rings (SSSR count). The molecule has 0 N–H and O–H groups in total. The Morgan fingerprint density at radius 3 is 2.67 bits per heavy atom. The van der Waals surface area contributed by atoms with Crippen molar-refractivity contribution in [2.75, 3.05) is 14.2 Å². The van der Waals surface area contributed by atoms with E-state index in [9.17, 15) is 8.42 Å². The topological polar surface area (TPSA) is 46.6 Å². The second kappa shape index (κ2) is 6.79. The average molecular weight is 346 g/mol. The van der Waals surface area contributed by atoms with Crippen LogP contribution < -0.4 is 4.74 Å². The maximum atomic E-state index is 12.7. The van der Waals surface area contributed by atoms with E-state index in [1.165, 1.54) is 28.8 Å². The fourth-order valence-electron chi connectivity index (χ4n) is 1.88. The Balaban J connectivity index is 2.34. The lowest BCUT2D eigenvalue weighted by Crippen LogP contribution is -2.26. The molecule has 0 aliphatic rings. The Labute approximate surface area is 134 Å².